The van der Waals surface area contributed by atoms with E-state index < -0.39 is 16.0 Å². The quantitative estimate of drug-likeness (QED) is 0.832. The molecule has 8 heteroatoms. The number of primary sulfonamides is 1. The third-order valence-corrected chi connectivity index (χ3v) is 4.86. The second-order valence-electron chi connectivity index (χ2n) is 4.81. The van der Waals surface area contributed by atoms with Crippen molar-refractivity contribution in [2.45, 2.75) is 18.4 Å². The van der Waals surface area contributed by atoms with Gasteiger partial charge in [0.05, 0.1) is 15.6 Å². The van der Waals surface area contributed by atoms with Crippen LogP contribution in [0.15, 0.2) is 41.3 Å². The molecule has 0 fully saturated rings. The van der Waals surface area contributed by atoms with Gasteiger partial charge < -0.3 is 4.74 Å². The number of hydrogen-bond donors (Lipinski definition) is 1. The van der Waals surface area contributed by atoms with E-state index >= 15 is 0 Å². The minimum atomic E-state index is -4.08. The molecule has 0 saturated heterocycles. The maximum atomic E-state index is 12.2. The van der Waals surface area contributed by atoms with Crippen LogP contribution >= 0.6 is 23.2 Å². The maximum absolute atomic E-state index is 12.2. The zero-order chi connectivity index (χ0) is 17.2. The van der Waals surface area contributed by atoms with Crippen molar-refractivity contribution in [2.24, 2.45) is 5.14 Å². The predicted molar refractivity (Wildman–Crippen MR) is 88.1 cm³/mol. The van der Waals surface area contributed by atoms with Crippen LogP contribution in [0.4, 0.5) is 0 Å². The topological polar surface area (TPSA) is 86.5 Å². The summed E-state index contributed by atoms with van der Waals surface area (Å²) in [6, 6.07) is 9.56. The number of ether oxygens (including phenoxy) is 1. The minimum Gasteiger partial charge on any atom is -0.457 e. The average molecular weight is 374 g/mol. The molecular formula is C15H13Cl2NO4S. The largest absolute Gasteiger partial charge is 0.457 e. The summed E-state index contributed by atoms with van der Waals surface area (Å²) in [4.78, 5) is 11.8. The summed E-state index contributed by atoms with van der Waals surface area (Å²) in [5.41, 5.74) is 1.68. The van der Waals surface area contributed by atoms with Crippen LogP contribution in [-0.4, -0.2) is 14.4 Å². The van der Waals surface area contributed by atoms with E-state index in [0.717, 1.165) is 23.3 Å². The number of esters is 1. The van der Waals surface area contributed by atoms with Crippen LogP contribution < -0.4 is 5.14 Å². The number of halogens is 2. The van der Waals surface area contributed by atoms with Crippen LogP contribution in [0.2, 0.25) is 10.0 Å². The van der Waals surface area contributed by atoms with Gasteiger partial charge in [-0.2, -0.15) is 0 Å². The predicted octanol–water partition coefficient (Wildman–Crippen LogP) is 3.31. The van der Waals surface area contributed by atoms with E-state index in [1.807, 2.05) is 31.2 Å². The smallest absolute Gasteiger partial charge is 0.340 e. The van der Waals surface area contributed by atoms with Crippen LogP contribution in [0, 0.1) is 6.92 Å². The van der Waals surface area contributed by atoms with Crippen LogP contribution in [0.5, 0.6) is 0 Å². The van der Waals surface area contributed by atoms with Gasteiger partial charge in [0.2, 0.25) is 10.0 Å². The lowest BCUT2D eigenvalue weighted by atomic mass is 10.1. The molecule has 2 N–H and O–H groups in total. The standard InChI is InChI=1S/C15H13Cl2NO4S/c1-9-4-2-3-5-10(9)8-22-15(19)11-6-14(23(18,20)21)13(17)7-12(11)16/h2-7H,8H2,1H3,(H2,18,20,21). The third kappa shape index (κ3) is 4.23. The summed E-state index contributed by atoms with van der Waals surface area (Å²) in [5, 5.41) is 4.88. The summed E-state index contributed by atoms with van der Waals surface area (Å²) in [6.45, 7) is 1.92. The molecular weight excluding hydrogens is 361 g/mol. The van der Waals surface area contributed by atoms with Gasteiger partial charge in [0.15, 0.2) is 0 Å². The van der Waals surface area contributed by atoms with Crippen molar-refractivity contribution < 1.29 is 17.9 Å². The van der Waals surface area contributed by atoms with Gasteiger partial charge in [-0.25, -0.2) is 18.4 Å². The van der Waals surface area contributed by atoms with Crippen molar-refractivity contribution in [3.05, 3.63) is 63.1 Å². The Balaban J connectivity index is 2.28. The summed E-state index contributed by atoms with van der Waals surface area (Å²) in [5.74, 6) is -0.764. The highest BCUT2D eigenvalue weighted by molar-refractivity contribution is 7.89. The molecule has 122 valence electrons. The molecule has 0 spiro atoms. The van der Waals surface area contributed by atoms with Gasteiger partial charge >= 0.3 is 5.97 Å². The monoisotopic (exact) mass is 373 g/mol. The molecule has 0 bridgehead atoms. The summed E-state index contributed by atoms with van der Waals surface area (Å²) in [7, 11) is -4.08. The summed E-state index contributed by atoms with van der Waals surface area (Å²) in [6.07, 6.45) is 0. The molecule has 0 heterocycles. The fourth-order valence-corrected chi connectivity index (χ4v) is 3.29. The Morgan fingerprint density at radius 3 is 2.43 bits per heavy atom. The highest BCUT2D eigenvalue weighted by Gasteiger charge is 2.20. The minimum absolute atomic E-state index is 0.0165. The lowest BCUT2D eigenvalue weighted by molar-refractivity contribution is 0.0472. The van der Waals surface area contributed by atoms with Gasteiger partial charge in [-0.1, -0.05) is 47.5 Å². The van der Waals surface area contributed by atoms with Gasteiger partial charge in [0.25, 0.3) is 0 Å². The van der Waals surface area contributed by atoms with E-state index in [0.29, 0.717) is 0 Å². The third-order valence-electron chi connectivity index (χ3n) is 3.17. The molecule has 0 aliphatic heterocycles. The molecule has 23 heavy (non-hydrogen) atoms. The van der Waals surface area contributed by atoms with Gasteiger partial charge in [0, 0.05) is 0 Å². The lowest BCUT2D eigenvalue weighted by Gasteiger charge is -2.10. The average Bonchev–Trinajstić information content (AvgIpc) is 2.44. The van der Waals surface area contributed by atoms with Gasteiger partial charge in [-0.15, -0.1) is 0 Å². The molecule has 0 atom stereocenters. The first-order chi connectivity index (χ1) is 10.7. The Morgan fingerprint density at radius 1 is 1.17 bits per heavy atom. The van der Waals surface area contributed by atoms with Crippen LogP contribution in [-0.2, 0) is 21.4 Å². The molecule has 0 amide bonds. The van der Waals surface area contributed by atoms with E-state index in [2.05, 4.69) is 0 Å². The fraction of sp³-hybridized carbons (Fsp3) is 0.133. The molecule has 2 aromatic rings. The fourth-order valence-electron chi connectivity index (χ4n) is 1.90. The van der Waals surface area contributed by atoms with E-state index in [-0.39, 0.29) is 27.1 Å². The van der Waals surface area contributed by atoms with Crippen LogP contribution in [0.25, 0.3) is 0 Å². The van der Waals surface area contributed by atoms with E-state index in [1.165, 1.54) is 0 Å². The van der Waals surface area contributed by atoms with Gasteiger partial charge in [0.1, 0.15) is 11.5 Å². The number of rotatable bonds is 4. The zero-order valence-electron chi connectivity index (χ0n) is 12.0. The van der Waals surface area contributed by atoms with Crippen molar-refractivity contribution >= 4 is 39.2 Å². The molecule has 2 aromatic carbocycles. The van der Waals surface area contributed by atoms with Gasteiger partial charge in [-0.3, -0.25) is 0 Å². The number of sulfonamides is 1. The Bertz CT molecular complexity index is 866. The van der Waals surface area contributed by atoms with E-state index in [9.17, 15) is 13.2 Å². The number of benzene rings is 2. The molecule has 0 aliphatic rings. The Labute approximate surface area is 144 Å². The first kappa shape index (κ1) is 17.7. The number of aryl methyl sites for hydroxylation is 1. The Hall–Kier alpha value is -1.60. The number of carbonyl (C=O) groups excluding carboxylic acids is 1. The molecule has 0 aromatic heterocycles. The molecule has 0 radical (unpaired) electrons. The van der Waals surface area contributed by atoms with E-state index in [4.69, 9.17) is 33.1 Å². The first-order valence-electron chi connectivity index (χ1n) is 6.43. The normalized spacial score (nSPS) is 11.3. The van der Waals surface area contributed by atoms with Crippen molar-refractivity contribution in [2.75, 3.05) is 0 Å². The zero-order valence-corrected chi connectivity index (χ0v) is 14.4. The molecule has 5 nitrogen and oxygen atoms in total. The van der Waals surface area contributed by atoms with Gasteiger partial charge in [-0.05, 0) is 30.2 Å². The highest BCUT2D eigenvalue weighted by atomic mass is 35.5. The number of carbonyl (C=O) groups is 1. The molecule has 0 unspecified atom stereocenters. The second kappa shape index (κ2) is 6.88. The van der Waals surface area contributed by atoms with Crippen LogP contribution in [0.3, 0.4) is 0 Å². The lowest BCUT2D eigenvalue weighted by Crippen LogP contribution is -2.15. The highest BCUT2D eigenvalue weighted by Crippen LogP contribution is 2.28. The summed E-state index contributed by atoms with van der Waals surface area (Å²) >= 11 is 11.7. The summed E-state index contributed by atoms with van der Waals surface area (Å²) < 4.78 is 28.1. The number of nitrogens with two attached hydrogens (primary N) is 1. The number of hydrogen-bond acceptors (Lipinski definition) is 4. The van der Waals surface area contributed by atoms with Crippen molar-refractivity contribution in [3.8, 4) is 0 Å². The Kier molecular flexibility index (Phi) is 5.31. The first-order valence-corrected chi connectivity index (χ1v) is 8.74. The Morgan fingerprint density at radius 2 is 1.83 bits per heavy atom. The molecule has 0 aliphatic carbocycles. The van der Waals surface area contributed by atoms with Crippen molar-refractivity contribution in [3.63, 3.8) is 0 Å². The second-order valence-corrected chi connectivity index (χ2v) is 7.15. The molecule has 0 saturated carbocycles. The van der Waals surface area contributed by atoms with Crippen molar-refractivity contribution in [1.29, 1.82) is 0 Å². The van der Waals surface area contributed by atoms with E-state index in [1.54, 1.807) is 0 Å². The van der Waals surface area contributed by atoms with Crippen molar-refractivity contribution in [1.82, 2.24) is 0 Å². The maximum Gasteiger partial charge on any atom is 0.340 e. The molecule has 2 rings (SSSR count). The van der Waals surface area contributed by atoms with Crippen LogP contribution in [0.1, 0.15) is 21.5 Å². The SMILES string of the molecule is Cc1ccccc1COC(=O)c1cc(S(N)(=O)=O)c(Cl)cc1Cl.